The van der Waals surface area contributed by atoms with E-state index in [0.29, 0.717) is 0 Å². The van der Waals surface area contributed by atoms with Crippen LogP contribution in [-0.4, -0.2) is 11.3 Å². The summed E-state index contributed by atoms with van der Waals surface area (Å²) in [5.41, 5.74) is 2.28. The third kappa shape index (κ3) is 3.79. The van der Waals surface area contributed by atoms with E-state index in [4.69, 9.17) is 0 Å². The first-order valence-corrected chi connectivity index (χ1v) is 5.77. The van der Waals surface area contributed by atoms with Crippen molar-refractivity contribution in [3.05, 3.63) is 42.0 Å². The molecular weight excluding hydrogens is 190 g/mol. The fourth-order valence-electron chi connectivity index (χ4n) is 1.01. The van der Waals surface area contributed by atoms with Gasteiger partial charge < -0.3 is 0 Å². The minimum absolute atomic E-state index is 1.01. The molecule has 1 aromatic carbocycles. The van der Waals surface area contributed by atoms with Crippen LogP contribution in [0.15, 0.2) is 47.0 Å². The monoisotopic (exact) mass is 205 g/mol. The van der Waals surface area contributed by atoms with Crippen LogP contribution in [0.1, 0.15) is 13.8 Å². The summed E-state index contributed by atoms with van der Waals surface area (Å²) >= 11 is 1.67. The molecule has 0 unspecified atom stereocenters. The molecule has 0 N–H and O–H groups in total. The van der Waals surface area contributed by atoms with Gasteiger partial charge in [-0.25, -0.2) is 4.99 Å². The van der Waals surface area contributed by atoms with Crippen LogP contribution in [0.3, 0.4) is 0 Å². The zero-order valence-electron chi connectivity index (χ0n) is 8.82. The highest BCUT2D eigenvalue weighted by Crippen LogP contribution is 2.14. The van der Waals surface area contributed by atoms with Crippen LogP contribution in [-0.2, 0) is 0 Å². The highest BCUT2D eigenvalue weighted by molar-refractivity contribution is 8.13. The number of thioether (sulfide) groups is 1. The van der Waals surface area contributed by atoms with Crippen molar-refractivity contribution < 1.29 is 0 Å². The molecule has 0 aliphatic rings. The number of aliphatic imine (C=N–C) groups is 1. The third-order valence-electron chi connectivity index (χ3n) is 1.62. The van der Waals surface area contributed by atoms with E-state index in [1.165, 1.54) is 5.57 Å². The molecule has 0 radical (unpaired) electrons. The summed E-state index contributed by atoms with van der Waals surface area (Å²) in [6.07, 6.45) is 4.14. The van der Waals surface area contributed by atoms with Crippen molar-refractivity contribution in [1.29, 1.82) is 0 Å². The fraction of sp³-hybridized carbons (Fsp3) is 0.250. The summed E-state index contributed by atoms with van der Waals surface area (Å²) in [5.74, 6) is 0. The minimum Gasteiger partial charge on any atom is -0.242 e. The van der Waals surface area contributed by atoms with E-state index in [-0.39, 0.29) is 0 Å². The number of hydrogen-bond donors (Lipinski definition) is 0. The van der Waals surface area contributed by atoms with Gasteiger partial charge in [-0.2, -0.15) is 0 Å². The topological polar surface area (TPSA) is 12.4 Å². The average molecular weight is 205 g/mol. The van der Waals surface area contributed by atoms with Gasteiger partial charge in [0.2, 0.25) is 0 Å². The molecule has 1 nitrogen and oxygen atoms in total. The predicted molar refractivity (Wildman–Crippen MR) is 66.5 cm³/mol. The first kappa shape index (κ1) is 11.1. The maximum atomic E-state index is 4.52. The van der Waals surface area contributed by atoms with Crippen LogP contribution in [0, 0.1) is 0 Å². The Labute approximate surface area is 89.9 Å². The largest absolute Gasteiger partial charge is 0.242 e. The van der Waals surface area contributed by atoms with Gasteiger partial charge >= 0.3 is 0 Å². The average Bonchev–Trinajstić information content (AvgIpc) is 2.17. The SMILES string of the molecule is CSC(C=C(C)C)=Nc1ccccc1. The van der Waals surface area contributed by atoms with Crippen molar-refractivity contribution in [1.82, 2.24) is 0 Å². The molecule has 0 aromatic heterocycles. The molecule has 0 aliphatic carbocycles. The lowest BCUT2D eigenvalue weighted by molar-refractivity contribution is 1.40. The van der Waals surface area contributed by atoms with Crippen LogP contribution < -0.4 is 0 Å². The van der Waals surface area contributed by atoms with Gasteiger partial charge in [-0.3, -0.25) is 0 Å². The van der Waals surface area contributed by atoms with E-state index in [2.05, 4.69) is 24.9 Å². The second kappa shape index (κ2) is 5.66. The molecule has 0 heterocycles. The molecule has 1 aromatic rings. The molecule has 1 rings (SSSR count). The highest BCUT2D eigenvalue weighted by atomic mass is 32.2. The van der Waals surface area contributed by atoms with Crippen LogP contribution in [0.5, 0.6) is 0 Å². The normalized spacial score (nSPS) is 11.2. The molecule has 0 fully saturated rings. The number of rotatable bonds is 2. The molecule has 0 aliphatic heterocycles. The molecule has 0 spiro atoms. The van der Waals surface area contributed by atoms with Gasteiger partial charge in [0.15, 0.2) is 0 Å². The van der Waals surface area contributed by atoms with E-state index >= 15 is 0 Å². The first-order chi connectivity index (χ1) is 6.72. The summed E-state index contributed by atoms with van der Waals surface area (Å²) in [7, 11) is 0. The quantitative estimate of drug-likeness (QED) is 0.524. The smallest absolute Gasteiger partial charge is 0.0963 e. The van der Waals surface area contributed by atoms with Gasteiger partial charge in [0.25, 0.3) is 0 Å². The second-order valence-corrected chi connectivity index (χ2v) is 4.04. The van der Waals surface area contributed by atoms with Crippen LogP contribution in [0.25, 0.3) is 0 Å². The lowest BCUT2D eigenvalue weighted by Gasteiger charge is -1.98. The van der Waals surface area contributed by atoms with Crippen LogP contribution in [0.2, 0.25) is 0 Å². The molecule has 0 amide bonds. The molecule has 14 heavy (non-hydrogen) atoms. The van der Waals surface area contributed by atoms with Crippen LogP contribution in [0.4, 0.5) is 5.69 Å². The minimum atomic E-state index is 1.01. The number of nitrogens with zero attached hydrogens (tertiary/aromatic N) is 1. The third-order valence-corrected chi connectivity index (χ3v) is 2.24. The van der Waals surface area contributed by atoms with E-state index in [1.807, 2.05) is 36.6 Å². The molecule has 0 saturated carbocycles. The Morgan fingerprint density at radius 1 is 1.21 bits per heavy atom. The molecule has 2 heteroatoms. The standard InChI is InChI=1S/C12H15NS/c1-10(2)9-12(14-3)13-11-7-5-4-6-8-11/h4-9H,1-3H3. The maximum absolute atomic E-state index is 4.52. The zero-order chi connectivity index (χ0) is 10.4. The van der Waals surface area contributed by atoms with Crippen molar-refractivity contribution >= 4 is 22.5 Å². The van der Waals surface area contributed by atoms with Gasteiger partial charge in [0, 0.05) is 0 Å². The Bertz CT molecular complexity index is 335. The zero-order valence-corrected chi connectivity index (χ0v) is 9.64. The Balaban J connectivity index is 2.90. The molecule has 0 bridgehead atoms. The highest BCUT2D eigenvalue weighted by Gasteiger charge is 1.93. The molecule has 0 saturated heterocycles. The lowest BCUT2D eigenvalue weighted by Crippen LogP contribution is -1.85. The van der Waals surface area contributed by atoms with Crippen molar-refractivity contribution in [2.45, 2.75) is 13.8 Å². The Hall–Kier alpha value is -1.02. The number of para-hydroxylation sites is 1. The predicted octanol–water partition coefficient (Wildman–Crippen LogP) is 4.05. The van der Waals surface area contributed by atoms with Gasteiger partial charge in [-0.05, 0) is 38.3 Å². The van der Waals surface area contributed by atoms with E-state index in [0.717, 1.165) is 10.7 Å². The van der Waals surface area contributed by atoms with Crippen LogP contribution >= 0.6 is 11.8 Å². The summed E-state index contributed by atoms with van der Waals surface area (Å²) < 4.78 is 0. The van der Waals surface area contributed by atoms with E-state index in [1.54, 1.807) is 11.8 Å². The van der Waals surface area contributed by atoms with Gasteiger partial charge in [-0.15, -0.1) is 11.8 Å². The number of benzene rings is 1. The van der Waals surface area contributed by atoms with Gasteiger partial charge in [0.05, 0.1) is 10.7 Å². The molecule has 0 atom stereocenters. The van der Waals surface area contributed by atoms with Gasteiger partial charge in [0.1, 0.15) is 0 Å². The Morgan fingerprint density at radius 2 is 1.86 bits per heavy atom. The summed E-state index contributed by atoms with van der Waals surface area (Å²) in [4.78, 5) is 4.52. The molecule has 74 valence electrons. The molecular formula is C12H15NS. The van der Waals surface area contributed by atoms with Gasteiger partial charge in [-0.1, -0.05) is 23.8 Å². The van der Waals surface area contributed by atoms with E-state index in [9.17, 15) is 0 Å². The first-order valence-electron chi connectivity index (χ1n) is 4.55. The van der Waals surface area contributed by atoms with Crippen molar-refractivity contribution in [2.24, 2.45) is 4.99 Å². The fourth-order valence-corrected chi connectivity index (χ4v) is 1.56. The second-order valence-electron chi connectivity index (χ2n) is 3.21. The summed E-state index contributed by atoms with van der Waals surface area (Å²) in [6.45, 7) is 4.16. The van der Waals surface area contributed by atoms with E-state index < -0.39 is 0 Å². The Kier molecular flexibility index (Phi) is 4.47. The van der Waals surface area contributed by atoms with Crippen molar-refractivity contribution in [3.8, 4) is 0 Å². The maximum Gasteiger partial charge on any atom is 0.0963 e. The number of hydrogen-bond acceptors (Lipinski definition) is 2. The lowest BCUT2D eigenvalue weighted by atomic mass is 10.3. The Morgan fingerprint density at radius 3 is 2.36 bits per heavy atom. The van der Waals surface area contributed by atoms with Crippen molar-refractivity contribution in [3.63, 3.8) is 0 Å². The number of allylic oxidation sites excluding steroid dienone is 1. The summed E-state index contributed by atoms with van der Waals surface area (Å²) in [5, 5.41) is 1.05. The summed E-state index contributed by atoms with van der Waals surface area (Å²) in [6, 6.07) is 10.0. The van der Waals surface area contributed by atoms with Crippen molar-refractivity contribution in [2.75, 3.05) is 6.26 Å².